The van der Waals surface area contributed by atoms with Crippen molar-refractivity contribution in [2.75, 3.05) is 0 Å². The van der Waals surface area contributed by atoms with Crippen molar-refractivity contribution in [3.05, 3.63) is 438 Å². The third kappa shape index (κ3) is 13.7. The molecule has 0 saturated heterocycles. The van der Waals surface area contributed by atoms with Crippen molar-refractivity contribution in [3.63, 3.8) is 0 Å². The lowest BCUT2D eigenvalue weighted by Gasteiger charge is -2.13. The van der Waals surface area contributed by atoms with E-state index in [-0.39, 0.29) is 0 Å². The molecule has 0 fully saturated rings. The van der Waals surface area contributed by atoms with Crippen LogP contribution in [0.15, 0.2) is 438 Å². The van der Waals surface area contributed by atoms with Crippen LogP contribution in [0.4, 0.5) is 0 Å². The molecule has 24 aromatic rings. The van der Waals surface area contributed by atoms with Gasteiger partial charge in [0.1, 0.15) is 5.65 Å². The highest BCUT2D eigenvalue weighted by Crippen LogP contribution is 2.42. The number of fused-ring (bicyclic) bond motifs is 12. The van der Waals surface area contributed by atoms with E-state index >= 15 is 0 Å². The molecule has 0 atom stereocenters. The van der Waals surface area contributed by atoms with Gasteiger partial charge in [-0.1, -0.05) is 237 Å². The Morgan fingerprint density at radius 3 is 1.14 bits per heavy atom. The van der Waals surface area contributed by atoms with E-state index in [1.165, 1.54) is 59.6 Å². The van der Waals surface area contributed by atoms with Gasteiger partial charge in [-0.3, -0.25) is 29.5 Å². The maximum absolute atomic E-state index is 5.14. The Hall–Kier alpha value is -16.8. The fourth-order valence-corrected chi connectivity index (χ4v) is 17.5. The first kappa shape index (κ1) is 72.6. The van der Waals surface area contributed by atoms with Crippen LogP contribution >= 0.6 is 0 Å². The number of hydrogen-bond acceptors (Lipinski definition) is 9. The van der Waals surface area contributed by atoms with E-state index in [1.54, 1.807) is 0 Å². The van der Waals surface area contributed by atoms with Crippen LogP contribution in [0, 0.1) is 0 Å². The number of para-hydroxylation sites is 3. The number of aromatic nitrogens is 12. The van der Waals surface area contributed by atoms with Crippen molar-refractivity contribution in [3.8, 4) is 118 Å². The van der Waals surface area contributed by atoms with Crippen LogP contribution in [-0.2, 0) is 0 Å². The molecule has 12 aromatic heterocycles. The Bertz CT molecular complexity index is 7650. The molecule has 0 aliphatic carbocycles. The number of rotatable bonds is 12. The van der Waals surface area contributed by atoms with Crippen LogP contribution in [0.5, 0.6) is 0 Å². The summed E-state index contributed by atoms with van der Waals surface area (Å²) in [5.41, 5.74) is 28.5. The molecule has 0 spiro atoms. The van der Waals surface area contributed by atoms with Crippen molar-refractivity contribution >= 4 is 98.0 Å². The quantitative estimate of drug-likeness (QED) is 0.117. The average molecular weight is 1570 g/mol. The number of hydrogen-bond donors (Lipinski definition) is 0. The second-order valence-corrected chi connectivity index (χ2v) is 30.4. The minimum atomic E-state index is 0.843. The average Bonchev–Trinajstić information content (AvgIpc) is 1.63. The Balaban J connectivity index is 0.000000110. The largest absolute Gasteiger partial charge is 0.308 e. The van der Waals surface area contributed by atoms with Gasteiger partial charge in [0.2, 0.25) is 0 Å². The van der Waals surface area contributed by atoms with Gasteiger partial charge in [-0.15, -0.1) is 0 Å². The Labute approximate surface area is 708 Å². The van der Waals surface area contributed by atoms with Gasteiger partial charge >= 0.3 is 0 Å². The minimum Gasteiger partial charge on any atom is -0.308 e. The summed E-state index contributed by atoms with van der Waals surface area (Å²) in [6.45, 7) is 0. The first-order valence-corrected chi connectivity index (χ1v) is 41.1. The Morgan fingerprint density at radius 2 is 0.569 bits per heavy atom. The summed E-state index contributed by atoms with van der Waals surface area (Å²) < 4.78 is 6.81. The van der Waals surface area contributed by atoms with Gasteiger partial charge in [0.25, 0.3) is 0 Å². The molecule has 0 amide bonds. The SMILES string of the molecule is c1ccc(-c2cc(-c3ccc(-n4c5ccccc5c5ncccc54)cc3)cc(-c3cccc4ccccc34)n2)nc1.c1ccc(-c2cc(-c3cccc4ccccc34)cc(-c3cccc(-n4c5ccccc5c5cccnc54)c3)n2)nc1.c1ccc(-c2cc(-c3cccc4ccccc34)cc(-c3cccc(-n4c5ccccc5c5ccncc54)c3)n2)nc1. The lowest BCUT2D eigenvalue weighted by atomic mass is 9.96. The molecule has 576 valence electrons. The van der Waals surface area contributed by atoms with Gasteiger partial charge in [-0.25, -0.2) is 19.9 Å². The first-order valence-electron chi connectivity index (χ1n) is 41.1. The predicted octanol–water partition coefficient (Wildman–Crippen LogP) is 27.4. The van der Waals surface area contributed by atoms with Gasteiger partial charge in [0, 0.05) is 97.9 Å². The molecule has 0 aliphatic heterocycles. The Kier molecular flexibility index (Phi) is 18.6. The first-order chi connectivity index (χ1) is 61.0. The van der Waals surface area contributed by atoms with Crippen molar-refractivity contribution in [1.82, 2.24) is 58.6 Å². The summed E-state index contributed by atoms with van der Waals surface area (Å²) in [7, 11) is 0. The van der Waals surface area contributed by atoms with Gasteiger partial charge < -0.3 is 9.13 Å². The standard InChI is InChI=1S/3C37H24N4/c1-2-14-29-25(10-1)11-8-16-30(29)27-23-34(40-35(24-27)33-18-5-6-20-38-33)26-12-7-13-28(22-26)41-36-19-4-3-15-31(36)32-17-9-21-39-37(32)41;1-2-13-29-25(9-1)10-8-15-30(29)27-22-34(40-35(23-27)33-16-5-6-19-39-33)26-11-7-12-28(21-26)41-36-17-4-3-14-31(36)32-18-20-38-24-37(32)41;1-2-11-29-26(9-1)10-7-13-30(29)33-23-27(24-34(40-33)32-14-5-6-21-38-32)25-17-19-28(20-18-25)41-35-15-4-3-12-31(35)37-36(41)16-8-22-39-37/h3*1-24H. The second kappa shape index (κ2) is 31.6. The summed E-state index contributed by atoms with van der Waals surface area (Å²) in [5.74, 6) is 0. The van der Waals surface area contributed by atoms with E-state index in [9.17, 15) is 0 Å². The van der Waals surface area contributed by atoms with Crippen LogP contribution in [0.25, 0.3) is 216 Å². The molecule has 0 bridgehead atoms. The fraction of sp³-hybridized carbons (Fsp3) is 0. The highest BCUT2D eigenvalue weighted by Gasteiger charge is 2.21. The van der Waals surface area contributed by atoms with Crippen LogP contribution in [0.2, 0.25) is 0 Å². The molecule has 0 saturated carbocycles. The maximum atomic E-state index is 5.14. The highest BCUT2D eigenvalue weighted by atomic mass is 15.0. The number of nitrogens with zero attached hydrogens (tertiary/aromatic N) is 12. The van der Waals surface area contributed by atoms with Gasteiger partial charge in [0.15, 0.2) is 0 Å². The van der Waals surface area contributed by atoms with Gasteiger partial charge in [-0.2, -0.15) is 0 Å². The zero-order valence-corrected chi connectivity index (χ0v) is 66.4. The molecule has 12 heteroatoms. The lowest BCUT2D eigenvalue weighted by Crippen LogP contribution is -1.97. The van der Waals surface area contributed by atoms with E-state index in [0.29, 0.717) is 0 Å². The third-order valence-corrected chi connectivity index (χ3v) is 23.1. The molecule has 24 rings (SSSR count). The number of benzene rings is 12. The van der Waals surface area contributed by atoms with Crippen molar-refractivity contribution in [2.24, 2.45) is 0 Å². The van der Waals surface area contributed by atoms with E-state index in [0.717, 1.165) is 157 Å². The van der Waals surface area contributed by atoms with Crippen LogP contribution in [-0.4, -0.2) is 58.6 Å². The molecule has 0 radical (unpaired) electrons. The van der Waals surface area contributed by atoms with Crippen LogP contribution in [0.1, 0.15) is 0 Å². The van der Waals surface area contributed by atoms with E-state index in [4.69, 9.17) is 19.9 Å². The predicted molar refractivity (Wildman–Crippen MR) is 504 cm³/mol. The monoisotopic (exact) mass is 1570 g/mol. The van der Waals surface area contributed by atoms with Gasteiger partial charge in [0.05, 0.1) is 90.5 Å². The Morgan fingerprint density at radius 1 is 0.179 bits per heavy atom. The summed E-state index contributed by atoms with van der Waals surface area (Å²) >= 11 is 0. The smallest absolute Gasteiger partial charge is 0.145 e. The molecule has 0 aliphatic rings. The molecule has 123 heavy (non-hydrogen) atoms. The zero-order chi connectivity index (χ0) is 81.5. The summed E-state index contributed by atoms with van der Waals surface area (Å²) in [5, 5.41) is 13.1. The van der Waals surface area contributed by atoms with Crippen molar-refractivity contribution < 1.29 is 0 Å². The molecule has 12 nitrogen and oxygen atoms in total. The van der Waals surface area contributed by atoms with E-state index in [1.807, 2.05) is 110 Å². The third-order valence-electron chi connectivity index (χ3n) is 23.1. The zero-order valence-electron chi connectivity index (χ0n) is 66.4. The highest BCUT2D eigenvalue weighted by molar-refractivity contribution is 6.11. The van der Waals surface area contributed by atoms with Crippen LogP contribution in [0.3, 0.4) is 0 Å². The lowest BCUT2D eigenvalue weighted by molar-refractivity contribution is 1.13. The number of pyridine rings is 9. The van der Waals surface area contributed by atoms with E-state index < -0.39 is 0 Å². The fourth-order valence-electron chi connectivity index (χ4n) is 17.5. The second-order valence-electron chi connectivity index (χ2n) is 30.4. The minimum absolute atomic E-state index is 0.843. The summed E-state index contributed by atoms with van der Waals surface area (Å²) in [6.07, 6.45) is 13.0. The molecule has 12 heterocycles. The van der Waals surface area contributed by atoms with Crippen LogP contribution < -0.4 is 0 Å². The van der Waals surface area contributed by atoms with Crippen molar-refractivity contribution in [1.29, 1.82) is 0 Å². The van der Waals surface area contributed by atoms with E-state index in [2.05, 4.69) is 366 Å². The van der Waals surface area contributed by atoms with Gasteiger partial charge in [-0.05, 0) is 223 Å². The summed E-state index contributed by atoms with van der Waals surface area (Å²) in [4.78, 5) is 43.2. The summed E-state index contributed by atoms with van der Waals surface area (Å²) in [6, 6.07) is 137. The molecular formula is C111H72N12. The molecular weight excluding hydrogens is 1500 g/mol. The molecule has 0 N–H and O–H groups in total. The molecule has 0 unspecified atom stereocenters. The molecule has 12 aromatic carbocycles. The van der Waals surface area contributed by atoms with Crippen molar-refractivity contribution in [2.45, 2.75) is 0 Å². The topological polar surface area (TPSA) is 131 Å². The normalized spacial score (nSPS) is 11.4. The maximum Gasteiger partial charge on any atom is 0.145 e.